The second-order valence-electron chi connectivity index (χ2n) is 3.89. The molecule has 1 atom stereocenters. The molecule has 0 spiro atoms. The fraction of sp³-hybridized carbons (Fsp3) is 0.800. The van der Waals surface area contributed by atoms with Crippen molar-refractivity contribution in [2.24, 2.45) is 0 Å². The van der Waals surface area contributed by atoms with Gasteiger partial charge in [-0.05, 0) is 19.6 Å². The molecule has 0 amide bonds. The normalized spacial score (nSPS) is 14.9. The third-order valence-electron chi connectivity index (χ3n) is 2.42. The van der Waals surface area contributed by atoms with Gasteiger partial charge < -0.3 is 10.5 Å². The average Bonchev–Trinajstić information content (AvgIpc) is 2.66. The quantitative estimate of drug-likeness (QED) is 0.762. The molecular weight excluding hydrogens is 242 g/mol. The van der Waals surface area contributed by atoms with Crippen LogP contribution in [0.5, 0.6) is 0 Å². The number of rotatable bonds is 7. The summed E-state index contributed by atoms with van der Waals surface area (Å²) in [6, 6.07) is 0. The van der Waals surface area contributed by atoms with E-state index in [0.29, 0.717) is 5.13 Å². The predicted octanol–water partition coefficient (Wildman–Crippen LogP) is 2.17. The summed E-state index contributed by atoms with van der Waals surface area (Å²) in [5.41, 5.74) is 5.65. The molecule has 0 aliphatic heterocycles. The first kappa shape index (κ1) is 13.7. The topological polar surface area (TPSA) is 61.0 Å². The molecule has 4 nitrogen and oxygen atoms in total. The summed E-state index contributed by atoms with van der Waals surface area (Å²) in [6.45, 7) is 5.72. The van der Waals surface area contributed by atoms with Gasteiger partial charge in [-0.2, -0.15) is 11.8 Å². The highest BCUT2D eigenvalue weighted by atomic mass is 32.2. The van der Waals surface area contributed by atoms with Crippen molar-refractivity contribution in [2.45, 2.75) is 25.7 Å². The summed E-state index contributed by atoms with van der Waals surface area (Å²) >= 11 is 3.29. The van der Waals surface area contributed by atoms with Crippen molar-refractivity contribution in [1.82, 2.24) is 10.2 Å². The Labute approximate surface area is 105 Å². The Morgan fingerprint density at radius 1 is 1.50 bits per heavy atom. The number of hydrogen-bond acceptors (Lipinski definition) is 6. The first-order chi connectivity index (χ1) is 7.62. The van der Waals surface area contributed by atoms with Gasteiger partial charge in [-0.3, -0.25) is 0 Å². The van der Waals surface area contributed by atoms with Crippen molar-refractivity contribution in [3.8, 4) is 0 Å². The van der Waals surface area contributed by atoms with Gasteiger partial charge >= 0.3 is 0 Å². The van der Waals surface area contributed by atoms with Crippen molar-refractivity contribution < 1.29 is 4.74 Å². The third-order valence-corrected chi connectivity index (χ3v) is 4.41. The van der Waals surface area contributed by atoms with E-state index < -0.39 is 0 Å². The summed E-state index contributed by atoms with van der Waals surface area (Å²) in [5, 5.41) is 9.60. The van der Waals surface area contributed by atoms with E-state index in [0.717, 1.165) is 30.4 Å². The summed E-state index contributed by atoms with van der Waals surface area (Å²) < 4.78 is 5.42. The van der Waals surface area contributed by atoms with Crippen molar-refractivity contribution in [3.05, 3.63) is 5.01 Å². The van der Waals surface area contributed by atoms with Crippen LogP contribution in [0.1, 0.15) is 25.3 Å². The van der Waals surface area contributed by atoms with Crippen LogP contribution in [0.15, 0.2) is 0 Å². The molecule has 0 saturated heterocycles. The number of aromatic nitrogens is 2. The maximum Gasteiger partial charge on any atom is 0.203 e. The Morgan fingerprint density at radius 3 is 2.75 bits per heavy atom. The standard InChI is InChI=1S/C10H19N3OS2/c1-4-14-6-5-10(2,7-15-3)8-12-13-9(11)16-8/h4-7H2,1-3H3,(H2,11,13). The third kappa shape index (κ3) is 3.61. The van der Waals surface area contributed by atoms with E-state index in [-0.39, 0.29) is 5.41 Å². The summed E-state index contributed by atoms with van der Waals surface area (Å²) in [7, 11) is 0. The number of ether oxygens (including phenoxy) is 1. The highest BCUT2D eigenvalue weighted by molar-refractivity contribution is 7.98. The number of thioether (sulfide) groups is 1. The first-order valence-electron chi connectivity index (χ1n) is 5.28. The molecular formula is C10H19N3OS2. The summed E-state index contributed by atoms with van der Waals surface area (Å²) in [4.78, 5) is 0. The highest BCUT2D eigenvalue weighted by Crippen LogP contribution is 2.33. The van der Waals surface area contributed by atoms with Crippen LogP contribution in [0.3, 0.4) is 0 Å². The molecule has 0 aliphatic carbocycles. The van der Waals surface area contributed by atoms with Crippen LogP contribution in [-0.4, -0.2) is 35.4 Å². The van der Waals surface area contributed by atoms with E-state index in [9.17, 15) is 0 Å². The number of nitrogens with two attached hydrogens (primary N) is 1. The van der Waals surface area contributed by atoms with Gasteiger partial charge in [0.2, 0.25) is 5.13 Å². The molecule has 16 heavy (non-hydrogen) atoms. The molecule has 0 radical (unpaired) electrons. The van der Waals surface area contributed by atoms with Crippen LogP contribution in [0.4, 0.5) is 5.13 Å². The lowest BCUT2D eigenvalue weighted by atomic mass is 9.90. The minimum atomic E-state index is 0.0177. The second kappa shape index (κ2) is 6.42. The van der Waals surface area contributed by atoms with Crippen LogP contribution < -0.4 is 5.73 Å². The molecule has 1 aromatic heterocycles. The molecule has 0 aliphatic rings. The average molecular weight is 261 g/mol. The predicted molar refractivity (Wildman–Crippen MR) is 71.2 cm³/mol. The van der Waals surface area contributed by atoms with Gasteiger partial charge in [0, 0.05) is 24.4 Å². The molecule has 1 aromatic rings. The molecule has 2 N–H and O–H groups in total. The van der Waals surface area contributed by atoms with E-state index in [1.54, 1.807) is 0 Å². The Bertz CT molecular complexity index is 319. The molecule has 92 valence electrons. The molecule has 1 unspecified atom stereocenters. The maximum atomic E-state index is 5.63. The fourth-order valence-corrected chi connectivity index (χ4v) is 3.27. The highest BCUT2D eigenvalue weighted by Gasteiger charge is 2.30. The fourth-order valence-electron chi connectivity index (χ4n) is 1.48. The minimum absolute atomic E-state index is 0.0177. The van der Waals surface area contributed by atoms with Crippen molar-refractivity contribution in [2.75, 3.05) is 31.0 Å². The van der Waals surface area contributed by atoms with Gasteiger partial charge in [-0.1, -0.05) is 18.3 Å². The monoisotopic (exact) mass is 261 g/mol. The first-order valence-corrected chi connectivity index (χ1v) is 7.49. The Balaban J connectivity index is 2.71. The van der Waals surface area contributed by atoms with Crippen LogP contribution in [0, 0.1) is 0 Å². The van der Waals surface area contributed by atoms with E-state index in [4.69, 9.17) is 10.5 Å². The molecule has 6 heteroatoms. The lowest BCUT2D eigenvalue weighted by Gasteiger charge is -2.25. The van der Waals surface area contributed by atoms with Gasteiger partial charge in [0.05, 0.1) is 0 Å². The number of anilines is 1. The SMILES string of the molecule is CCOCCC(C)(CSC)c1nnc(N)s1. The molecule has 1 rings (SSSR count). The molecule has 0 aromatic carbocycles. The van der Waals surface area contributed by atoms with Gasteiger partial charge in [0.25, 0.3) is 0 Å². The lowest BCUT2D eigenvalue weighted by Crippen LogP contribution is -2.27. The van der Waals surface area contributed by atoms with E-state index >= 15 is 0 Å². The number of nitrogen functional groups attached to an aromatic ring is 1. The van der Waals surface area contributed by atoms with Crippen LogP contribution >= 0.6 is 23.1 Å². The molecule has 0 saturated carbocycles. The number of nitrogens with zero attached hydrogens (tertiary/aromatic N) is 2. The molecule has 0 bridgehead atoms. The van der Waals surface area contributed by atoms with E-state index in [2.05, 4.69) is 23.4 Å². The molecule has 0 fully saturated rings. The van der Waals surface area contributed by atoms with E-state index in [1.807, 2.05) is 18.7 Å². The van der Waals surface area contributed by atoms with Crippen LogP contribution in [0.2, 0.25) is 0 Å². The zero-order valence-corrected chi connectivity index (χ0v) is 11.7. The van der Waals surface area contributed by atoms with Crippen molar-refractivity contribution >= 4 is 28.2 Å². The minimum Gasteiger partial charge on any atom is -0.382 e. The maximum absolute atomic E-state index is 5.63. The summed E-state index contributed by atoms with van der Waals surface area (Å²) in [6.07, 6.45) is 3.06. The Hall–Kier alpha value is -0.330. The lowest BCUT2D eigenvalue weighted by molar-refractivity contribution is 0.130. The zero-order chi connectivity index (χ0) is 12.0. The van der Waals surface area contributed by atoms with Crippen LogP contribution in [-0.2, 0) is 10.2 Å². The van der Waals surface area contributed by atoms with Gasteiger partial charge in [0.15, 0.2) is 0 Å². The smallest absolute Gasteiger partial charge is 0.203 e. The van der Waals surface area contributed by atoms with Crippen molar-refractivity contribution in [1.29, 1.82) is 0 Å². The van der Waals surface area contributed by atoms with Gasteiger partial charge in [-0.25, -0.2) is 0 Å². The zero-order valence-electron chi connectivity index (χ0n) is 10.0. The number of hydrogen-bond donors (Lipinski definition) is 1. The summed E-state index contributed by atoms with van der Waals surface area (Å²) in [5.74, 6) is 1.01. The second-order valence-corrected chi connectivity index (χ2v) is 5.76. The van der Waals surface area contributed by atoms with E-state index in [1.165, 1.54) is 11.3 Å². The Morgan fingerprint density at radius 2 is 2.25 bits per heavy atom. The van der Waals surface area contributed by atoms with Gasteiger partial charge in [-0.15, -0.1) is 10.2 Å². The van der Waals surface area contributed by atoms with Crippen molar-refractivity contribution in [3.63, 3.8) is 0 Å². The van der Waals surface area contributed by atoms with Gasteiger partial charge in [0.1, 0.15) is 5.01 Å². The largest absolute Gasteiger partial charge is 0.382 e. The van der Waals surface area contributed by atoms with Crippen LogP contribution in [0.25, 0.3) is 0 Å². The molecule has 1 heterocycles. The Kier molecular flexibility index (Phi) is 5.51.